The molecule has 8 heteroatoms. The molecule has 0 bridgehead atoms. The van der Waals surface area contributed by atoms with Crippen molar-refractivity contribution in [2.45, 2.75) is 44.8 Å². The highest BCUT2D eigenvalue weighted by molar-refractivity contribution is 7.15. The Kier molecular flexibility index (Phi) is 6.10. The third kappa shape index (κ3) is 4.76. The van der Waals surface area contributed by atoms with Crippen LogP contribution in [0.1, 0.15) is 35.4 Å². The Morgan fingerprint density at radius 1 is 1.34 bits per heavy atom. The van der Waals surface area contributed by atoms with E-state index in [2.05, 4.69) is 10.3 Å². The van der Waals surface area contributed by atoms with Crippen molar-refractivity contribution >= 4 is 28.3 Å². The second kappa shape index (κ2) is 8.92. The highest BCUT2D eigenvalue weighted by Crippen LogP contribution is 2.29. The van der Waals surface area contributed by atoms with Gasteiger partial charge in [-0.3, -0.25) is 14.9 Å². The zero-order chi connectivity index (χ0) is 20.2. The summed E-state index contributed by atoms with van der Waals surface area (Å²) in [6.45, 7) is 1.86. The van der Waals surface area contributed by atoms with Gasteiger partial charge in [0, 0.05) is 30.9 Å². The van der Waals surface area contributed by atoms with E-state index in [1.807, 2.05) is 29.2 Å². The largest absolute Gasteiger partial charge is 0.497 e. The molecule has 0 radical (unpaired) electrons. The number of carbonyl (C=O) groups is 2. The Balaban J connectivity index is 1.31. The van der Waals surface area contributed by atoms with Gasteiger partial charge in [-0.05, 0) is 37.0 Å². The predicted octanol–water partition coefficient (Wildman–Crippen LogP) is 2.79. The molecule has 0 saturated carbocycles. The smallest absolute Gasteiger partial charge is 0.255 e. The van der Waals surface area contributed by atoms with Crippen LogP contribution in [0.3, 0.4) is 0 Å². The molecule has 1 N–H and O–H groups in total. The SMILES string of the molecule is COc1ccc(CCC(=O)N2CCc3nc(NC(=O)C4CCCO4)sc3C2)cc1. The lowest BCUT2D eigenvalue weighted by Gasteiger charge is -2.26. The number of fused-ring (bicyclic) bond motifs is 1. The number of ether oxygens (including phenoxy) is 2. The maximum absolute atomic E-state index is 12.7. The number of benzene rings is 1. The summed E-state index contributed by atoms with van der Waals surface area (Å²) in [7, 11) is 1.64. The molecule has 2 aromatic rings. The lowest BCUT2D eigenvalue weighted by Crippen LogP contribution is -2.35. The van der Waals surface area contributed by atoms with E-state index in [1.54, 1.807) is 7.11 Å². The normalized spacial score (nSPS) is 18.4. The summed E-state index contributed by atoms with van der Waals surface area (Å²) in [4.78, 5) is 32.4. The van der Waals surface area contributed by atoms with Crippen LogP contribution in [0.2, 0.25) is 0 Å². The van der Waals surface area contributed by atoms with E-state index in [-0.39, 0.29) is 17.9 Å². The molecule has 1 saturated heterocycles. The quantitative estimate of drug-likeness (QED) is 0.785. The number of rotatable bonds is 6. The molecule has 1 atom stereocenters. The summed E-state index contributed by atoms with van der Waals surface area (Å²) < 4.78 is 10.6. The average molecular weight is 416 g/mol. The van der Waals surface area contributed by atoms with Crippen molar-refractivity contribution in [1.82, 2.24) is 9.88 Å². The molecular formula is C21H25N3O4S. The molecule has 2 aliphatic rings. The van der Waals surface area contributed by atoms with Crippen LogP contribution in [0.5, 0.6) is 5.75 Å². The molecule has 3 heterocycles. The zero-order valence-corrected chi connectivity index (χ0v) is 17.3. The summed E-state index contributed by atoms with van der Waals surface area (Å²) in [5.74, 6) is 0.835. The summed E-state index contributed by atoms with van der Waals surface area (Å²) in [6.07, 6.45) is 3.20. The number of aromatic nitrogens is 1. The molecule has 0 spiro atoms. The molecular weight excluding hydrogens is 390 g/mol. The Bertz CT molecular complexity index is 875. The Labute approximate surface area is 174 Å². The summed E-state index contributed by atoms with van der Waals surface area (Å²) in [6, 6.07) is 7.81. The molecule has 2 amide bonds. The number of amides is 2. The van der Waals surface area contributed by atoms with E-state index < -0.39 is 0 Å². The lowest BCUT2D eigenvalue weighted by atomic mass is 10.1. The lowest BCUT2D eigenvalue weighted by molar-refractivity contribution is -0.132. The van der Waals surface area contributed by atoms with Crippen molar-refractivity contribution in [3.63, 3.8) is 0 Å². The van der Waals surface area contributed by atoms with Crippen LogP contribution < -0.4 is 10.1 Å². The Hall–Kier alpha value is -2.45. The number of thiazole rings is 1. The summed E-state index contributed by atoms with van der Waals surface area (Å²) >= 11 is 1.46. The van der Waals surface area contributed by atoms with Crippen LogP contribution in [0.15, 0.2) is 24.3 Å². The van der Waals surface area contributed by atoms with Crippen molar-refractivity contribution in [2.24, 2.45) is 0 Å². The highest BCUT2D eigenvalue weighted by Gasteiger charge is 2.27. The predicted molar refractivity (Wildman–Crippen MR) is 110 cm³/mol. The van der Waals surface area contributed by atoms with Gasteiger partial charge in [-0.1, -0.05) is 23.5 Å². The van der Waals surface area contributed by atoms with Crippen LogP contribution in [0.4, 0.5) is 5.13 Å². The summed E-state index contributed by atoms with van der Waals surface area (Å²) in [5.41, 5.74) is 2.10. The van der Waals surface area contributed by atoms with Crippen LogP contribution in [0, 0.1) is 0 Å². The Morgan fingerprint density at radius 2 is 2.17 bits per heavy atom. The van der Waals surface area contributed by atoms with E-state index in [0.717, 1.165) is 41.1 Å². The fourth-order valence-corrected chi connectivity index (χ4v) is 4.66. The number of nitrogens with one attached hydrogen (secondary N) is 1. The van der Waals surface area contributed by atoms with Gasteiger partial charge >= 0.3 is 0 Å². The third-order valence-corrected chi connectivity index (χ3v) is 6.32. The van der Waals surface area contributed by atoms with Crippen molar-refractivity contribution in [1.29, 1.82) is 0 Å². The van der Waals surface area contributed by atoms with Gasteiger partial charge in [0.15, 0.2) is 5.13 Å². The summed E-state index contributed by atoms with van der Waals surface area (Å²) in [5, 5.41) is 3.47. The first kappa shape index (κ1) is 19.8. The number of nitrogens with zero attached hydrogens (tertiary/aromatic N) is 2. The number of anilines is 1. The molecule has 29 heavy (non-hydrogen) atoms. The third-order valence-electron chi connectivity index (χ3n) is 5.32. The monoisotopic (exact) mass is 415 g/mol. The minimum Gasteiger partial charge on any atom is -0.497 e. The molecule has 4 rings (SSSR count). The van der Waals surface area contributed by atoms with Crippen molar-refractivity contribution in [3.05, 3.63) is 40.4 Å². The average Bonchev–Trinajstić information content (AvgIpc) is 3.41. The fourth-order valence-electron chi connectivity index (χ4n) is 3.63. The molecule has 0 aliphatic carbocycles. The van der Waals surface area contributed by atoms with Gasteiger partial charge in [0.1, 0.15) is 11.9 Å². The first-order valence-electron chi connectivity index (χ1n) is 9.94. The van der Waals surface area contributed by atoms with E-state index in [9.17, 15) is 9.59 Å². The molecule has 7 nitrogen and oxygen atoms in total. The van der Waals surface area contributed by atoms with Crippen LogP contribution in [-0.4, -0.2) is 48.1 Å². The van der Waals surface area contributed by atoms with Crippen molar-refractivity contribution in [2.75, 3.05) is 25.6 Å². The number of hydrogen-bond acceptors (Lipinski definition) is 6. The zero-order valence-electron chi connectivity index (χ0n) is 16.5. The molecule has 1 fully saturated rings. The van der Waals surface area contributed by atoms with E-state index >= 15 is 0 Å². The minimum atomic E-state index is -0.369. The Morgan fingerprint density at radius 3 is 2.90 bits per heavy atom. The number of methoxy groups -OCH3 is 1. The van der Waals surface area contributed by atoms with Crippen molar-refractivity contribution in [3.8, 4) is 5.75 Å². The second-order valence-corrected chi connectivity index (χ2v) is 8.38. The minimum absolute atomic E-state index is 0.124. The van der Waals surface area contributed by atoms with Crippen LogP contribution in [-0.2, 0) is 33.7 Å². The molecule has 2 aliphatic heterocycles. The fraction of sp³-hybridized carbons (Fsp3) is 0.476. The van der Waals surface area contributed by atoms with Crippen LogP contribution >= 0.6 is 11.3 Å². The van der Waals surface area contributed by atoms with E-state index in [1.165, 1.54) is 11.3 Å². The topological polar surface area (TPSA) is 80.8 Å². The number of carbonyl (C=O) groups excluding carboxylic acids is 2. The maximum atomic E-state index is 12.7. The number of hydrogen-bond donors (Lipinski definition) is 1. The molecule has 154 valence electrons. The molecule has 1 aromatic carbocycles. The van der Waals surface area contributed by atoms with Gasteiger partial charge < -0.3 is 14.4 Å². The maximum Gasteiger partial charge on any atom is 0.255 e. The number of aryl methyl sites for hydroxylation is 1. The van der Waals surface area contributed by atoms with Gasteiger partial charge in [0.25, 0.3) is 5.91 Å². The van der Waals surface area contributed by atoms with Crippen molar-refractivity contribution < 1.29 is 19.1 Å². The first-order valence-corrected chi connectivity index (χ1v) is 10.8. The van der Waals surface area contributed by atoms with Gasteiger partial charge in [-0.2, -0.15) is 0 Å². The molecule has 1 aromatic heterocycles. The van der Waals surface area contributed by atoms with Gasteiger partial charge in [0.05, 0.1) is 19.3 Å². The van der Waals surface area contributed by atoms with Gasteiger partial charge in [-0.25, -0.2) is 4.98 Å². The standard InChI is InChI=1S/C21H25N3O4S/c1-27-15-7-4-14(5-8-15)6-9-19(25)24-11-10-16-18(13-24)29-21(22-16)23-20(26)17-3-2-12-28-17/h4-5,7-8,17H,2-3,6,9-13H2,1H3,(H,22,23,26). The van der Waals surface area contributed by atoms with E-state index in [0.29, 0.717) is 37.7 Å². The second-order valence-electron chi connectivity index (χ2n) is 7.29. The van der Waals surface area contributed by atoms with Crippen LogP contribution in [0.25, 0.3) is 0 Å². The van der Waals surface area contributed by atoms with Gasteiger partial charge in [-0.15, -0.1) is 0 Å². The molecule has 1 unspecified atom stereocenters. The first-order chi connectivity index (χ1) is 14.1. The van der Waals surface area contributed by atoms with E-state index in [4.69, 9.17) is 9.47 Å². The van der Waals surface area contributed by atoms with Gasteiger partial charge in [0.2, 0.25) is 5.91 Å². The highest BCUT2D eigenvalue weighted by atomic mass is 32.1.